The molecule has 0 aromatic heterocycles. The molecular weight excluding hydrogens is 797 g/mol. The summed E-state index contributed by atoms with van der Waals surface area (Å²) in [6, 6.07) is 9.70. The standard InChI is InChI=1S/C47H70N4O7S2/c1-6-7-8-12-34-15-17-41(53)47(28-32-14-16-38(52)39(23-32)56-4)21-11-13-35(47)29-59-60-31-50-44(49-3)51-37-25-36(46(34)19-9-10-20-46)26-40(43(37)55)58-45(30-48-2)22-18-33(27-45)24-42(54)57-5/h14-17,23,25-26,33-35,42,48,52,54-55H,6-13,18-22,24,27-31H2,1-5H3,(H2,49,50,51)/b17-15+/t33-,34+,35-,42+,45+,47+/m0/s1. The van der Waals surface area contributed by atoms with E-state index in [1.54, 1.807) is 41.8 Å². The van der Waals surface area contributed by atoms with Crippen LogP contribution < -0.4 is 25.4 Å². The first kappa shape index (κ1) is 46.4. The maximum absolute atomic E-state index is 15.1. The van der Waals surface area contributed by atoms with Crippen LogP contribution in [0.15, 0.2) is 47.5 Å². The van der Waals surface area contributed by atoms with Gasteiger partial charge in [-0.25, -0.2) is 0 Å². The molecule has 0 radical (unpaired) electrons. The van der Waals surface area contributed by atoms with Gasteiger partial charge in [0.05, 0.1) is 18.7 Å². The lowest BCUT2D eigenvalue weighted by atomic mass is 9.66. The lowest BCUT2D eigenvalue weighted by Gasteiger charge is -2.39. The summed E-state index contributed by atoms with van der Waals surface area (Å²) in [5.41, 5.74) is 1.19. The highest BCUT2D eigenvalue weighted by Gasteiger charge is 2.49. The van der Waals surface area contributed by atoms with Crippen LogP contribution in [0, 0.1) is 23.2 Å². The average Bonchev–Trinajstić information content (AvgIpc) is 4.00. The number of likely N-dealkylation sites (N-methyl/N-ethyl adjacent to an activating group) is 1. The number of fused-ring (bicyclic) bond motifs is 4. The molecule has 11 nitrogen and oxygen atoms in total. The SMILES string of the molecule is CCCCC[C@@H]1/C=C/C(=O)[C@@]2(Cc3ccc(O)c(OC)c3)CCC[C@H]2CSSCNC(=NC)Nc2cc(cc(O[C@]3(CNC)CC[C@@H](C[C@H](O)OC)C3)c2O)C12CCCC2. The molecular formula is C47H70N4O7S2. The third-order valence-corrected chi connectivity index (χ3v) is 16.3. The number of guanidine groups is 1. The van der Waals surface area contributed by atoms with Gasteiger partial charge in [0.2, 0.25) is 0 Å². The molecule has 332 valence electrons. The van der Waals surface area contributed by atoms with Crippen molar-refractivity contribution in [2.75, 3.05) is 51.8 Å². The van der Waals surface area contributed by atoms with Gasteiger partial charge in [0.15, 0.2) is 41.0 Å². The van der Waals surface area contributed by atoms with Gasteiger partial charge in [-0.3, -0.25) is 9.79 Å². The number of carbonyl (C=O) groups is 1. The second-order valence-electron chi connectivity index (χ2n) is 17.8. The van der Waals surface area contributed by atoms with E-state index in [1.807, 2.05) is 25.3 Å². The number of benzene rings is 2. The van der Waals surface area contributed by atoms with E-state index in [0.717, 1.165) is 100 Å². The summed E-state index contributed by atoms with van der Waals surface area (Å²) in [6.45, 7) is 2.82. The van der Waals surface area contributed by atoms with E-state index in [2.05, 4.69) is 46.1 Å². The number of aliphatic hydroxyl groups is 1. The van der Waals surface area contributed by atoms with Crippen molar-refractivity contribution in [1.29, 1.82) is 0 Å². The number of methoxy groups -OCH3 is 2. The zero-order valence-corrected chi connectivity index (χ0v) is 38.2. The number of allylic oxidation sites excluding steroid dienone is 2. The van der Waals surface area contributed by atoms with E-state index in [4.69, 9.17) is 14.2 Å². The number of phenolic OH excluding ortho intramolecular Hbond substituents is 2. The Morgan fingerprint density at radius 2 is 1.83 bits per heavy atom. The van der Waals surface area contributed by atoms with Crippen LogP contribution in [0.4, 0.5) is 5.69 Å². The van der Waals surface area contributed by atoms with Crippen LogP contribution in [0.1, 0.15) is 114 Å². The quantitative estimate of drug-likeness (QED) is 0.0465. The van der Waals surface area contributed by atoms with Gasteiger partial charge in [-0.1, -0.05) is 79.2 Å². The van der Waals surface area contributed by atoms with E-state index in [-0.39, 0.29) is 40.5 Å². The van der Waals surface area contributed by atoms with E-state index < -0.39 is 17.3 Å². The number of hydrogen-bond donors (Lipinski definition) is 6. The highest BCUT2D eigenvalue weighted by molar-refractivity contribution is 8.76. The molecule has 1 aliphatic heterocycles. The fraction of sp³-hybridized carbons (Fsp3) is 0.660. The second kappa shape index (κ2) is 21.3. The molecule has 3 fully saturated rings. The molecule has 1 spiro atoms. The first-order chi connectivity index (χ1) is 29.0. The number of carbonyl (C=O) groups excluding carboxylic acids is 1. The first-order valence-electron chi connectivity index (χ1n) is 22.3. The fourth-order valence-electron chi connectivity index (χ4n) is 10.9. The van der Waals surface area contributed by atoms with Gasteiger partial charge in [0.1, 0.15) is 5.60 Å². The van der Waals surface area contributed by atoms with Crippen molar-refractivity contribution < 1.29 is 34.3 Å². The molecule has 2 bridgehead atoms. The van der Waals surface area contributed by atoms with Crippen LogP contribution in [0.5, 0.6) is 23.0 Å². The minimum atomic E-state index is -0.828. The zero-order chi connectivity index (χ0) is 42.8. The van der Waals surface area contributed by atoms with Crippen LogP contribution in [0.25, 0.3) is 0 Å². The van der Waals surface area contributed by atoms with Crippen LogP contribution in [-0.4, -0.2) is 85.4 Å². The Labute approximate surface area is 366 Å². The van der Waals surface area contributed by atoms with Gasteiger partial charge in [-0.05, 0) is 124 Å². The van der Waals surface area contributed by atoms with E-state index >= 15 is 4.79 Å². The number of aliphatic hydroxyl groups excluding tert-OH is 1. The van der Waals surface area contributed by atoms with Crippen molar-refractivity contribution in [3.8, 4) is 23.0 Å². The number of nitrogens with one attached hydrogen (secondary N) is 3. The molecule has 6 rings (SSSR count). The summed E-state index contributed by atoms with van der Waals surface area (Å²) in [4.78, 5) is 19.7. The summed E-state index contributed by atoms with van der Waals surface area (Å²) in [5, 5.41) is 43.2. The van der Waals surface area contributed by atoms with Gasteiger partial charge in [-0.15, -0.1) is 0 Å². The van der Waals surface area contributed by atoms with Gasteiger partial charge < -0.3 is 45.5 Å². The van der Waals surface area contributed by atoms with Gasteiger partial charge in [-0.2, -0.15) is 0 Å². The number of ketones is 1. The summed E-state index contributed by atoms with van der Waals surface area (Å²) in [6.07, 6.45) is 18.0. The van der Waals surface area contributed by atoms with E-state index in [0.29, 0.717) is 54.8 Å². The van der Waals surface area contributed by atoms with Crippen molar-refractivity contribution >= 4 is 39.0 Å². The molecule has 2 aromatic carbocycles. The van der Waals surface area contributed by atoms with Crippen LogP contribution in [0.2, 0.25) is 0 Å². The molecule has 3 saturated carbocycles. The highest BCUT2D eigenvalue weighted by atomic mass is 33.1. The normalized spacial score (nSPS) is 28.8. The third-order valence-electron chi connectivity index (χ3n) is 14.1. The molecule has 3 aliphatic carbocycles. The summed E-state index contributed by atoms with van der Waals surface area (Å²) in [7, 11) is 10.2. The monoisotopic (exact) mass is 866 g/mol. The molecule has 2 aromatic rings. The summed E-state index contributed by atoms with van der Waals surface area (Å²) in [5.74, 6) is 3.63. The Morgan fingerprint density at radius 1 is 1.02 bits per heavy atom. The average molecular weight is 867 g/mol. The van der Waals surface area contributed by atoms with Gasteiger partial charge in [0, 0.05) is 43.7 Å². The van der Waals surface area contributed by atoms with Crippen molar-refractivity contribution in [3.63, 3.8) is 0 Å². The van der Waals surface area contributed by atoms with Gasteiger partial charge >= 0.3 is 0 Å². The number of ether oxygens (including phenoxy) is 3. The minimum absolute atomic E-state index is 0.0412. The molecule has 0 unspecified atom stereocenters. The maximum atomic E-state index is 15.1. The van der Waals surface area contributed by atoms with Crippen LogP contribution >= 0.6 is 21.6 Å². The zero-order valence-electron chi connectivity index (χ0n) is 36.5. The third kappa shape index (κ3) is 10.6. The van der Waals surface area contributed by atoms with Crippen LogP contribution in [-0.2, 0) is 21.4 Å². The molecule has 4 aliphatic rings. The van der Waals surface area contributed by atoms with Crippen molar-refractivity contribution in [3.05, 3.63) is 53.6 Å². The Kier molecular flexibility index (Phi) is 16.5. The number of aromatic hydroxyl groups is 2. The Morgan fingerprint density at radius 3 is 2.57 bits per heavy atom. The topological polar surface area (TPSA) is 154 Å². The molecule has 13 heteroatoms. The number of hydrogen-bond acceptors (Lipinski definition) is 11. The predicted octanol–water partition coefficient (Wildman–Crippen LogP) is 9.10. The largest absolute Gasteiger partial charge is 0.504 e. The van der Waals surface area contributed by atoms with Crippen molar-refractivity contribution in [2.45, 2.75) is 127 Å². The number of anilines is 1. The number of aliphatic imine (C=N–C) groups is 1. The van der Waals surface area contributed by atoms with E-state index in [9.17, 15) is 15.3 Å². The minimum Gasteiger partial charge on any atom is -0.504 e. The number of rotatable bonds is 14. The number of nitrogens with zero attached hydrogens (tertiary/aromatic N) is 1. The Balaban J connectivity index is 1.45. The predicted molar refractivity (Wildman–Crippen MR) is 245 cm³/mol. The Hall–Kier alpha value is -3.10. The summed E-state index contributed by atoms with van der Waals surface area (Å²) >= 11 is 0. The maximum Gasteiger partial charge on any atom is 0.196 e. The number of unbranched alkanes of at least 4 members (excludes halogenated alkanes) is 2. The van der Waals surface area contributed by atoms with E-state index in [1.165, 1.54) is 7.11 Å². The highest BCUT2D eigenvalue weighted by Crippen LogP contribution is 2.54. The fourth-order valence-corrected chi connectivity index (χ4v) is 13.2. The lowest BCUT2D eigenvalue weighted by molar-refractivity contribution is -0.125. The van der Waals surface area contributed by atoms with Crippen molar-refractivity contribution in [2.24, 2.45) is 28.2 Å². The molecule has 0 amide bonds. The second-order valence-corrected chi connectivity index (χ2v) is 20.3. The lowest BCUT2D eigenvalue weighted by Crippen LogP contribution is -2.43. The number of phenols is 2. The first-order valence-corrected chi connectivity index (χ1v) is 24.8. The molecule has 6 N–H and O–H groups in total. The summed E-state index contributed by atoms with van der Waals surface area (Å²) < 4.78 is 17.8. The molecule has 60 heavy (non-hydrogen) atoms. The molecule has 6 atom stereocenters. The Bertz CT molecular complexity index is 1800. The van der Waals surface area contributed by atoms with Crippen LogP contribution in [0.3, 0.4) is 0 Å². The van der Waals surface area contributed by atoms with Gasteiger partial charge in [0.25, 0.3) is 0 Å². The smallest absolute Gasteiger partial charge is 0.196 e. The van der Waals surface area contributed by atoms with Crippen molar-refractivity contribution in [1.82, 2.24) is 10.6 Å². The molecule has 0 saturated heterocycles. The molecule has 1 heterocycles.